The molecule has 0 aliphatic heterocycles. The van der Waals surface area contributed by atoms with Crippen molar-refractivity contribution >= 4 is 27.5 Å². The topological polar surface area (TPSA) is 86.8 Å². The summed E-state index contributed by atoms with van der Waals surface area (Å²) in [5.41, 5.74) is 3.62. The molecule has 220 valence electrons. The van der Waals surface area contributed by atoms with Gasteiger partial charge in [0.2, 0.25) is 11.8 Å². The number of amides is 2. The molecule has 0 bridgehead atoms. The van der Waals surface area contributed by atoms with Crippen LogP contribution in [0.25, 0.3) is 0 Å². The molecule has 0 fully saturated rings. The Kier molecular flexibility index (Phi) is 10.4. The molecule has 0 spiro atoms. The van der Waals surface area contributed by atoms with E-state index in [1.165, 1.54) is 9.21 Å². The second-order valence-corrected chi connectivity index (χ2v) is 13.3. The van der Waals surface area contributed by atoms with Gasteiger partial charge in [0.05, 0.1) is 10.6 Å². The molecule has 0 radical (unpaired) electrons. The maximum absolute atomic E-state index is 14.2. The maximum atomic E-state index is 14.2. The summed E-state index contributed by atoms with van der Waals surface area (Å²) in [4.78, 5) is 29.3. The van der Waals surface area contributed by atoms with Crippen molar-refractivity contribution in [3.05, 3.63) is 95.1 Å². The minimum Gasteiger partial charge on any atom is -0.350 e. The molecule has 0 saturated heterocycles. The third-order valence-corrected chi connectivity index (χ3v) is 8.66. The summed E-state index contributed by atoms with van der Waals surface area (Å²) < 4.78 is 29.4. The molecule has 41 heavy (non-hydrogen) atoms. The highest BCUT2D eigenvalue weighted by Gasteiger charge is 2.35. The highest BCUT2D eigenvalue weighted by Crippen LogP contribution is 2.28. The third-order valence-electron chi connectivity index (χ3n) is 6.89. The first kappa shape index (κ1) is 31.9. The largest absolute Gasteiger partial charge is 0.350 e. The van der Waals surface area contributed by atoms with Crippen molar-refractivity contribution in [1.82, 2.24) is 10.2 Å². The van der Waals surface area contributed by atoms with E-state index < -0.39 is 34.1 Å². The second-order valence-electron chi connectivity index (χ2n) is 11.5. The number of sulfonamides is 1. The predicted octanol–water partition coefficient (Wildman–Crippen LogP) is 5.78. The number of carbonyl (C=O) groups is 2. The summed E-state index contributed by atoms with van der Waals surface area (Å²) in [7, 11) is -4.11. The van der Waals surface area contributed by atoms with Gasteiger partial charge in [-0.05, 0) is 76.8 Å². The Morgan fingerprint density at radius 3 is 1.95 bits per heavy atom. The standard InChI is InChI=1S/C33H43N3O4S/c1-8-27-12-10-11-13-30(27)36(41(39,40)28-20-16-25(4)17-21-28)23-31(37)35(22-26-18-14-24(3)15-19-26)29(9-2)32(38)34-33(5,6)7/h10-21,29H,8-9,22-23H2,1-7H3,(H,34,38)/t29-/m0/s1. The van der Waals surface area contributed by atoms with Gasteiger partial charge >= 0.3 is 0 Å². The molecule has 0 aliphatic rings. The summed E-state index contributed by atoms with van der Waals surface area (Å²) in [6.07, 6.45) is 0.957. The van der Waals surface area contributed by atoms with Crippen LogP contribution < -0.4 is 9.62 Å². The minimum absolute atomic E-state index is 0.101. The van der Waals surface area contributed by atoms with Gasteiger partial charge in [0, 0.05) is 12.1 Å². The van der Waals surface area contributed by atoms with Gasteiger partial charge in [-0.15, -0.1) is 0 Å². The van der Waals surface area contributed by atoms with E-state index in [1.807, 2.05) is 84.9 Å². The average molecular weight is 578 g/mol. The lowest BCUT2D eigenvalue weighted by molar-refractivity contribution is -0.141. The van der Waals surface area contributed by atoms with Crippen LogP contribution >= 0.6 is 0 Å². The fourth-order valence-electron chi connectivity index (χ4n) is 4.67. The number of aryl methyl sites for hydroxylation is 3. The molecule has 7 nitrogen and oxygen atoms in total. The van der Waals surface area contributed by atoms with Crippen LogP contribution in [-0.4, -0.2) is 43.3 Å². The Hall–Kier alpha value is -3.65. The fraction of sp³-hybridized carbons (Fsp3) is 0.394. The van der Waals surface area contributed by atoms with E-state index in [0.717, 1.165) is 22.3 Å². The van der Waals surface area contributed by atoms with Gasteiger partial charge in [0.1, 0.15) is 12.6 Å². The molecular formula is C33H43N3O4S. The first-order chi connectivity index (χ1) is 19.3. The van der Waals surface area contributed by atoms with E-state index in [9.17, 15) is 18.0 Å². The molecular weight excluding hydrogens is 534 g/mol. The van der Waals surface area contributed by atoms with E-state index in [-0.39, 0.29) is 17.3 Å². The quantitative estimate of drug-likeness (QED) is 0.313. The fourth-order valence-corrected chi connectivity index (χ4v) is 6.12. The zero-order valence-corrected chi connectivity index (χ0v) is 26.1. The number of carbonyl (C=O) groups excluding carboxylic acids is 2. The number of anilines is 1. The van der Waals surface area contributed by atoms with Crippen LogP contribution in [0.15, 0.2) is 77.7 Å². The normalized spacial score (nSPS) is 12.5. The highest BCUT2D eigenvalue weighted by molar-refractivity contribution is 7.92. The molecule has 3 aromatic rings. The number of hydrogen-bond acceptors (Lipinski definition) is 4. The van der Waals surface area contributed by atoms with Crippen molar-refractivity contribution in [3.8, 4) is 0 Å². The molecule has 0 aromatic heterocycles. The van der Waals surface area contributed by atoms with Gasteiger partial charge < -0.3 is 10.2 Å². The molecule has 3 rings (SSSR count). The zero-order chi connectivity index (χ0) is 30.4. The Bertz CT molecular complexity index is 1440. The summed E-state index contributed by atoms with van der Waals surface area (Å²) >= 11 is 0. The minimum atomic E-state index is -4.11. The van der Waals surface area contributed by atoms with E-state index >= 15 is 0 Å². The molecule has 0 unspecified atom stereocenters. The number of rotatable bonds is 11. The van der Waals surface area contributed by atoms with Crippen molar-refractivity contribution in [2.24, 2.45) is 0 Å². The third kappa shape index (κ3) is 8.19. The molecule has 0 aliphatic carbocycles. The summed E-state index contributed by atoms with van der Waals surface area (Å²) in [5.74, 6) is -0.731. The summed E-state index contributed by atoms with van der Waals surface area (Å²) in [6.45, 7) is 13.1. The average Bonchev–Trinajstić information content (AvgIpc) is 2.91. The number of benzene rings is 3. The van der Waals surface area contributed by atoms with E-state index in [2.05, 4.69) is 5.32 Å². The lowest BCUT2D eigenvalue weighted by Gasteiger charge is -2.35. The van der Waals surface area contributed by atoms with Crippen molar-refractivity contribution in [3.63, 3.8) is 0 Å². The first-order valence-corrected chi connectivity index (χ1v) is 15.5. The molecule has 3 aromatic carbocycles. The first-order valence-electron chi connectivity index (χ1n) is 14.1. The van der Waals surface area contributed by atoms with Crippen molar-refractivity contribution in [2.45, 2.75) is 84.3 Å². The Balaban J connectivity index is 2.10. The van der Waals surface area contributed by atoms with Crippen LogP contribution in [0.5, 0.6) is 0 Å². The van der Waals surface area contributed by atoms with Gasteiger partial charge in [-0.2, -0.15) is 0 Å². The van der Waals surface area contributed by atoms with Crippen LogP contribution in [0.1, 0.15) is 63.3 Å². The van der Waals surface area contributed by atoms with Crippen LogP contribution in [0.4, 0.5) is 5.69 Å². The Morgan fingerprint density at radius 1 is 0.854 bits per heavy atom. The van der Waals surface area contributed by atoms with Crippen LogP contribution in [0.3, 0.4) is 0 Å². The maximum Gasteiger partial charge on any atom is 0.264 e. The monoisotopic (exact) mass is 577 g/mol. The summed E-state index contributed by atoms with van der Waals surface area (Å²) in [5, 5.41) is 3.00. The lowest BCUT2D eigenvalue weighted by atomic mass is 10.1. The molecule has 1 atom stereocenters. The van der Waals surface area contributed by atoms with Gasteiger partial charge in [0.25, 0.3) is 10.0 Å². The van der Waals surface area contributed by atoms with Crippen LogP contribution in [0.2, 0.25) is 0 Å². The molecule has 1 N–H and O–H groups in total. The highest BCUT2D eigenvalue weighted by atomic mass is 32.2. The van der Waals surface area contributed by atoms with E-state index in [1.54, 1.807) is 36.4 Å². The predicted molar refractivity (Wildman–Crippen MR) is 165 cm³/mol. The lowest BCUT2D eigenvalue weighted by Crippen LogP contribution is -2.55. The number of nitrogens with one attached hydrogen (secondary N) is 1. The van der Waals surface area contributed by atoms with Gasteiger partial charge in [0.15, 0.2) is 0 Å². The Morgan fingerprint density at radius 2 is 1.41 bits per heavy atom. The van der Waals surface area contributed by atoms with E-state index in [4.69, 9.17) is 0 Å². The number of nitrogens with zero attached hydrogens (tertiary/aromatic N) is 2. The van der Waals surface area contributed by atoms with Gasteiger partial charge in [-0.1, -0.05) is 79.6 Å². The smallest absolute Gasteiger partial charge is 0.264 e. The van der Waals surface area contributed by atoms with Crippen molar-refractivity contribution in [1.29, 1.82) is 0 Å². The number of hydrogen-bond donors (Lipinski definition) is 1. The molecule has 0 heterocycles. The zero-order valence-electron chi connectivity index (χ0n) is 25.3. The number of para-hydroxylation sites is 1. The summed E-state index contributed by atoms with van der Waals surface area (Å²) in [6, 6.07) is 20.8. The van der Waals surface area contributed by atoms with Crippen LogP contribution in [0, 0.1) is 13.8 Å². The Labute approximate surface area is 245 Å². The molecule has 8 heteroatoms. The molecule has 0 saturated carbocycles. The van der Waals surface area contributed by atoms with Crippen molar-refractivity contribution < 1.29 is 18.0 Å². The molecule has 2 amide bonds. The van der Waals surface area contributed by atoms with E-state index in [0.29, 0.717) is 18.5 Å². The van der Waals surface area contributed by atoms with Crippen molar-refractivity contribution in [2.75, 3.05) is 10.8 Å². The second kappa shape index (κ2) is 13.3. The van der Waals surface area contributed by atoms with Gasteiger partial charge in [-0.3, -0.25) is 13.9 Å². The van der Waals surface area contributed by atoms with Gasteiger partial charge in [-0.25, -0.2) is 8.42 Å². The SMILES string of the molecule is CCc1ccccc1N(CC(=O)N(Cc1ccc(C)cc1)[C@@H](CC)C(=O)NC(C)(C)C)S(=O)(=O)c1ccc(C)cc1. The van der Waals surface area contributed by atoms with Crippen LogP contribution in [-0.2, 0) is 32.6 Å².